The maximum atomic E-state index is 13.1. The Morgan fingerprint density at radius 3 is 2.61 bits per heavy atom. The highest BCUT2D eigenvalue weighted by Gasteiger charge is 2.31. The number of alkyl halides is 3. The van der Waals surface area contributed by atoms with E-state index in [4.69, 9.17) is 19.6 Å². The number of benzene rings is 1. The van der Waals surface area contributed by atoms with E-state index >= 15 is 0 Å². The number of halogens is 3. The molecule has 0 atom stereocenters. The number of anilines is 1. The second-order valence-corrected chi connectivity index (χ2v) is 7.54. The molecule has 1 aromatic carbocycles. The molecular formula is C21H22F3N5O4. The Labute approximate surface area is 186 Å². The third kappa shape index (κ3) is 5.57. The molecule has 3 heterocycles. The number of carbonyl (C=O) groups excluding carboxylic acids is 1. The molecule has 3 aromatic rings. The number of ether oxygens (including phenoxy) is 2. The van der Waals surface area contributed by atoms with Gasteiger partial charge in [-0.2, -0.15) is 18.3 Å². The van der Waals surface area contributed by atoms with Crippen LogP contribution in [0.4, 0.5) is 23.7 Å². The number of nitrogens with one attached hydrogen (secondary N) is 1. The first-order valence-electron chi connectivity index (χ1n) is 10.4. The lowest BCUT2D eigenvalue weighted by Gasteiger charge is -2.22. The standard InChI is InChI=1S/C21H22F3N5O4/c22-21(23,24)12-29-19-16(11-25-29)17(13-5-8-32-9-6-13)27-18(28-19)14-1-3-15(4-2-14)26-20(31)33-10-7-30/h1-4,11,13,30H,5-10,12H2,(H,26,31). The molecule has 33 heavy (non-hydrogen) atoms. The first-order chi connectivity index (χ1) is 15.8. The summed E-state index contributed by atoms with van der Waals surface area (Å²) in [4.78, 5) is 20.7. The smallest absolute Gasteiger partial charge is 0.411 e. The van der Waals surface area contributed by atoms with Gasteiger partial charge in [-0.3, -0.25) is 5.32 Å². The molecule has 1 amide bonds. The van der Waals surface area contributed by atoms with Gasteiger partial charge in [-0.1, -0.05) is 0 Å². The molecule has 176 valence electrons. The lowest BCUT2D eigenvalue weighted by Crippen LogP contribution is -2.19. The number of rotatable bonds is 6. The Morgan fingerprint density at radius 2 is 1.94 bits per heavy atom. The molecule has 0 saturated carbocycles. The van der Waals surface area contributed by atoms with Crippen LogP contribution in [-0.2, 0) is 16.0 Å². The van der Waals surface area contributed by atoms with Crippen molar-refractivity contribution < 1.29 is 32.5 Å². The van der Waals surface area contributed by atoms with Crippen molar-refractivity contribution >= 4 is 22.8 Å². The highest BCUT2D eigenvalue weighted by Crippen LogP contribution is 2.33. The Kier molecular flexibility index (Phi) is 6.75. The van der Waals surface area contributed by atoms with Crippen LogP contribution in [-0.4, -0.2) is 63.6 Å². The number of hydrogen-bond acceptors (Lipinski definition) is 7. The fourth-order valence-electron chi connectivity index (χ4n) is 3.67. The van der Waals surface area contributed by atoms with Crippen LogP contribution >= 0.6 is 0 Å². The van der Waals surface area contributed by atoms with Crippen molar-refractivity contribution in [3.8, 4) is 11.4 Å². The molecular weight excluding hydrogens is 443 g/mol. The van der Waals surface area contributed by atoms with Gasteiger partial charge in [-0.05, 0) is 37.1 Å². The number of aliphatic hydroxyl groups is 1. The van der Waals surface area contributed by atoms with Crippen molar-refractivity contribution in [2.45, 2.75) is 31.5 Å². The van der Waals surface area contributed by atoms with Crippen molar-refractivity contribution in [2.75, 3.05) is 31.7 Å². The predicted octanol–water partition coefficient (Wildman–Crippen LogP) is 3.49. The molecule has 4 rings (SSSR count). The number of aromatic nitrogens is 4. The first kappa shape index (κ1) is 22.9. The number of nitrogens with zero attached hydrogens (tertiary/aromatic N) is 4. The molecule has 9 nitrogen and oxygen atoms in total. The van der Waals surface area contributed by atoms with Crippen LogP contribution < -0.4 is 5.32 Å². The van der Waals surface area contributed by atoms with Gasteiger partial charge in [-0.25, -0.2) is 19.4 Å². The van der Waals surface area contributed by atoms with Crippen LogP contribution in [0, 0.1) is 0 Å². The van der Waals surface area contributed by atoms with Gasteiger partial charge in [0.15, 0.2) is 11.5 Å². The summed E-state index contributed by atoms with van der Waals surface area (Å²) in [5.41, 5.74) is 1.78. The van der Waals surface area contributed by atoms with E-state index in [0.29, 0.717) is 48.4 Å². The van der Waals surface area contributed by atoms with Crippen LogP contribution in [0.3, 0.4) is 0 Å². The topological polar surface area (TPSA) is 111 Å². The molecule has 0 radical (unpaired) electrons. The van der Waals surface area contributed by atoms with Crippen LogP contribution in [0.1, 0.15) is 24.5 Å². The average Bonchev–Trinajstić information content (AvgIpc) is 3.19. The molecule has 1 aliphatic rings. The second-order valence-electron chi connectivity index (χ2n) is 7.54. The summed E-state index contributed by atoms with van der Waals surface area (Å²) in [6, 6.07) is 6.51. The molecule has 0 unspecified atom stereocenters. The van der Waals surface area contributed by atoms with E-state index in [1.807, 2.05) is 0 Å². The molecule has 1 fully saturated rings. The summed E-state index contributed by atoms with van der Waals surface area (Å²) >= 11 is 0. The first-order valence-corrected chi connectivity index (χ1v) is 10.4. The average molecular weight is 465 g/mol. The molecule has 12 heteroatoms. The minimum atomic E-state index is -4.44. The Hall–Kier alpha value is -3.25. The van der Waals surface area contributed by atoms with Gasteiger partial charge in [-0.15, -0.1) is 0 Å². The van der Waals surface area contributed by atoms with E-state index in [1.165, 1.54) is 6.20 Å². The van der Waals surface area contributed by atoms with Crippen LogP contribution in [0.5, 0.6) is 0 Å². The van der Waals surface area contributed by atoms with Crippen molar-refractivity contribution in [1.82, 2.24) is 19.7 Å². The van der Waals surface area contributed by atoms with E-state index < -0.39 is 18.8 Å². The number of amides is 1. The summed E-state index contributed by atoms with van der Waals surface area (Å²) in [5, 5.41) is 15.6. The van der Waals surface area contributed by atoms with Crippen LogP contribution in [0.15, 0.2) is 30.5 Å². The number of fused-ring (bicyclic) bond motifs is 1. The van der Waals surface area contributed by atoms with Crippen molar-refractivity contribution in [3.63, 3.8) is 0 Å². The molecule has 2 N–H and O–H groups in total. The van der Waals surface area contributed by atoms with Gasteiger partial charge < -0.3 is 14.6 Å². The van der Waals surface area contributed by atoms with E-state index in [-0.39, 0.29) is 30.6 Å². The Bertz CT molecular complexity index is 1110. The zero-order valence-electron chi connectivity index (χ0n) is 17.5. The summed E-state index contributed by atoms with van der Waals surface area (Å²) < 4.78 is 50.2. The summed E-state index contributed by atoms with van der Waals surface area (Å²) in [6.07, 6.45) is -2.36. The maximum Gasteiger partial charge on any atom is 0.411 e. The molecule has 0 bridgehead atoms. The monoisotopic (exact) mass is 465 g/mol. The van der Waals surface area contributed by atoms with Crippen molar-refractivity contribution in [2.24, 2.45) is 0 Å². The third-order valence-corrected chi connectivity index (χ3v) is 5.18. The maximum absolute atomic E-state index is 13.1. The summed E-state index contributed by atoms with van der Waals surface area (Å²) in [6.45, 7) is -0.562. The molecule has 1 aliphatic heterocycles. The zero-order chi connectivity index (χ0) is 23.4. The number of carbonyl (C=O) groups is 1. The predicted molar refractivity (Wildman–Crippen MR) is 112 cm³/mol. The Morgan fingerprint density at radius 1 is 1.21 bits per heavy atom. The van der Waals surface area contributed by atoms with Gasteiger partial charge in [0.25, 0.3) is 0 Å². The normalized spacial score (nSPS) is 15.0. The lowest BCUT2D eigenvalue weighted by molar-refractivity contribution is -0.141. The van der Waals surface area contributed by atoms with Gasteiger partial charge in [0, 0.05) is 30.4 Å². The number of aliphatic hydroxyl groups excluding tert-OH is 1. The number of hydrogen-bond donors (Lipinski definition) is 2. The van der Waals surface area contributed by atoms with E-state index in [1.54, 1.807) is 24.3 Å². The highest BCUT2D eigenvalue weighted by atomic mass is 19.4. The largest absolute Gasteiger partial charge is 0.447 e. The fourth-order valence-corrected chi connectivity index (χ4v) is 3.67. The van der Waals surface area contributed by atoms with Crippen LogP contribution in [0.25, 0.3) is 22.4 Å². The fraction of sp³-hybridized carbons (Fsp3) is 0.429. The third-order valence-electron chi connectivity index (χ3n) is 5.18. The second kappa shape index (κ2) is 9.71. The SMILES string of the molecule is O=C(Nc1ccc(-c2nc(C3CCOCC3)c3cnn(CC(F)(F)F)c3n2)cc1)OCCO. The lowest BCUT2D eigenvalue weighted by atomic mass is 9.94. The molecule has 1 saturated heterocycles. The Balaban J connectivity index is 1.69. The molecule has 2 aromatic heterocycles. The van der Waals surface area contributed by atoms with Crippen molar-refractivity contribution in [3.05, 3.63) is 36.2 Å². The van der Waals surface area contributed by atoms with E-state index in [0.717, 1.165) is 4.68 Å². The minimum absolute atomic E-state index is 0.0220. The highest BCUT2D eigenvalue weighted by molar-refractivity contribution is 5.85. The van der Waals surface area contributed by atoms with Gasteiger partial charge in [0.2, 0.25) is 0 Å². The quantitative estimate of drug-likeness (QED) is 0.573. The van der Waals surface area contributed by atoms with Gasteiger partial charge >= 0.3 is 12.3 Å². The summed E-state index contributed by atoms with van der Waals surface area (Å²) in [7, 11) is 0. The van der Waals surface area contributed by atoms with Crippen molar-refractivity contribution in [1.29, 1.82) is 0 Å². The van der Waals surface area contributed by atoms with Gasteiger partial charge in [0.05, 0.1) is 23.9 Å². The minimum Gasteiger partial charge on any atom is -0.447 e. The van der Waals surface area contributed by atoms with E-state index in [9.17, 15) is 18.0 Å². The molecule has 0 spiro atoms. The van der Waals surface area contributed by atoms with E-state index in [2.05, 4.69) is 15.4 Å². The molecule has 0 aliphatic carbocycles. The van der Waals surface area contributed by atoms with Crippen LogP contribution in [0.2, 0.25) is 0 Å². The summed E-state index contributed by atoms with van der Waals surface area (Å²) in [5.74, 6) is 0.288. The van der Waals surface area contributed by atoms with Gasteiger partial charge in [0.1, 0.15) is 13.2 Å². The zero-order valence-corrected chi connectivity index (χ0v) is 17.5.